The van der Waals surface area contributed by atoms with Crippen LogP contribution in [0.15, 0.2) is 24.4 Å². The molecule has 1 amide bonds. The molecule has 8 heteroatoms. The lowest BCUT2D eigenvalue weighted by molar-refractivity contribution is 0.0782. The quantitative estimate of drug-likeness (QED) is 0.672. The van der Waals surface area contributed by atoms with Crippen molar-refractivity contribution in [1.29, 1.82) is 0 Å². The van der Waals surface area contributed by atoms with E-state index in [9.17, 15) is 9.18 Å². The van der Waals surface area contributed by atoms with E-state index in [1.165, 1.54) is 28.5 Å². The fraction of sp³-hybridized carbons (Fsp3) is 0.167. The van der Waals surface area contributed by atoms with Crippen molar-refractivity contribution in [3.8, 4) is 0 Å². The third-order valence-corrected chi connectivity index (χ3v) is 3.84. The van der Waals surface area contributed by atoms with E-state index in [1.54, 1.807) is 13.1 Å². The molecule has 0 atom stereocenters. The predicted octanol–water partition coefficient (Wildman–Crippen LogP) is 2.49. The van der Waals surface area contributed by atoms with Crippen LogP contribution in [0, 0.1) is 5.82 Å². The van der Waals surface area contributed by atoms with Gasteiger partial charge in [-0.15, -0.1) is 11.3 Å². The molecule has 0 saturated carbocycles. The van der Waals surface area contributed by atoms with Crippen LogP contribution in [-0.2, 0) is 6.54 Å². The standard InChI is InChI=1S/C12H12ClFN4OS/c1-18(6-7-2-3-9(13)20-7)12(19)8-4-5-16-11(17-15)10(8)14/h2-5H,6,15H2,1H3,(H,16,17). The Morgan fingerprint density at radius 2 is 2.30 bits per heavy atom. The molecule has 0 unspecified atom stereocenters. The number of nitrogens with two attached hydrogens (primary N) is 1. The molecular weight excluding hydrogens is 303 g/mol. The zero-order chi connectivity index (χ0) is 14.7. The zero-order valence-corrected chi connectivity index (χ0v) is 12.1. The average Bonchev–Trinajstić information content (AvgIpc) is 2.83. The second-order valence-electron chi connectivity index (χ2n) is 4.03. The van der Waals surface area contributed by atoms with Gasteiger partial charge in [-0.1, -0.05) is 11.6 Å². The maximum absolute atomic E-state index is 14.0. The molecule has 0 aliphatic heterocycles. The number of nitrogens with one attached hydrogen (secondary N) is 1. The third-order valence-electron chi connectivity index (χ3n) is 2.62. The van der Waals surface area contributed by atoms with Crippen molar-refractivity contribution in [2.75, 3.05) is 12.5 Å². The molecule has 0 radical (unpaired) electrons. The number of rotatable bonds is 4. The van der Waals surface area contributed by atoms with Crippen LogP contribution in [0.4, 0.5) is 10.2 Å². The van der Waals surface area contributed by atoms with Crippen LogP contribution in [0.3, 0.4) is 0 Å². The Hall–Kier alpha value is -1.70. The van der Waals surface area contributed by atoms with Crippen molar-refractivity contribution < 1.29 is 9.18 Å². The summed E-state index contributed by atoms with van der Waals surface area (Å²) in [6.45, 7) is 0.351. The molecule has 2 rings (SSSR count). The van der Waals surface area contributed by atoms with Crippen molar-refractivity contribution in [2.45, 2.75) is 6.54 Å². The molecule has 0 aromatic carbocycles. The molecule has 2 heterocycles. The van der Waals surface area contributed by atoms with Gasteiger partial charge in [0.2, 0.25) is 0 Å². The number of amides is 1. The van der Waals surface area contributed by atoms with Crippen molar-refractivity contribution >= 4 is 34.7 Å². The van der Waals surface area contributed by atoms with Gasteiger partial charge in [0.25, 0.3) is 5.91 Å². The molecule has 0 aliphatic carbocycles. The first-order chi connectivity index (χ1) is 9.52. The number of halogens is 2. The van der Waals surface area contributed by atoms with Gasteiger partial charge in [-0.2, -0.15) is 0 Å². The van der Waals surface area contributed by atoms with Crippen molar-refractivity contribution in [1.82, 2.24) is 9.88 Å². The van der Waals surface area contributed by atoms with Crippen LogP contribution in [0.5, 0.6) is 0 Å². The molecule has 2 aromatic rings. The van der Waals surface area contributed by atoms with Crippen molar-refractivity contribution in [3.63, 3.8) is 0 Å². The van der Waals surface area contributed by atoms with Crippen molar-refractivity contribution in [3.05, 3.63) is 45.0 Å². The summed E-state index contributed by atoms with van der Waals surface area (Å²) in [7, 11) is 1.59. The monoisotopic (exact) mass is 314 g/mol. The number of pyridine rings is 1. The SMILES string of the molecule is CN(Cc1ccc(Cl)s1)C(=O)c1ccnc(NN)c1F. The Morgan fingerprint density at radius 1 is 1.55 bits per heavy atom. The van der Waals surface area contributed by atoms with E-state index in [-0.39, 0.29) is 11.4 Å². The van der Waals surface area contributed by atoms with Gasteiger partial charge in [0.05, 0.1) is 16.4 Å². The number of aromatic nitrogens is 1. The van der Waals surface area contributed by atoms with Crippen LogP contribution < -0.4 is 11.3 Å². The van der Waals surface area contributed by atoms with Gasteiger partial charge in [-0.25, -0.2) is 15.2 Å². The number of carbonyl (C=O) groups is 1. The van der Waals surface area contributed by atoms with E-state index in [1.807, 2.05) is 6.07 Å². The molecule has 3 N–H and O–H groups in total. The van der Waals surface area contributed by atoms with Gasteiger partial charge in [-0.3, -0.25) is 4.79 Å². The summed E-state index contributed by atoms with van der Waals surface area (Å²) < 4.78 is 14.6. The summed E-state index contributed by atoms with van der Waals surface area (Å²) in [5, 5.41) is 0. The number of hydrogen-bond acceptors (Lipinski definition) is 5. The number of carbonyl (C=O) groups excluding carboxylic acids is 1. The summed E-state index contributed by atoms with van der Waals surface area (Å²) in [5.74, 6) is 3.75. The largest absolute Gasteiger partial charge is 0.336 e. The van der Waals surface area contributed by atoms with Gasteiger partial charge < -0.3 is 10.3 Å². The maximum Gasteiger partial charge on any atom is 0.257 e. The normalized spacial score (nSPS) is 10.4. The Morgan fingerprint density at radius 3 is 2.90 bits per heavy atom. The smallest absolute Gasteiger partial charge is 0.257 e. The number of nitrogen functional groups attached to an aromatic ring is 1. The van der Waals surface area contributed by atoms with Crippen LogP contribution in [0.2, 0.25) is 4.34 Å². The zero-order valence-electron chi connectivity index (χ0n) is 10.6. The number of hydrogen-bond donors (Lipinski definition) is 2. The first-order valence-electron chi connectivity index (χ1n) is 5.63. The van der Waals surface area contributed by atoms with Gasteiger partial charge in [0.15, 0.2) is 11.6 Å². The topological polar surface area (TPSA) is 71.2 Å². The Balaban J connectivity index is 2.18. The molecular formula is C12H12ClFN4OS. The first-order valence-corrected chi connectivity index (χ1v) is 6.83. The van der Waals surface area contributed by atoms with Crippen LogP contribution in [0.25, 0.3) is 0 Å². The molecule has 5 nitrogen and oxygen atoms in total. The first kappa shape index (κ1) is 14.7. The number of hydrazine groups is 1. The fourth-order valence-corrected chi connectivity index (χ4v) is 2.80. The Kier molecular flexibility index (Phi) is 4.53. The van der Waals surface area contributed by atoms with E-state index >= 15 is 0 Å². The third kappa shape index (κ3) is 3.06. The summed E-state index contributed by atoms with van der Waals surface area (Å²) >= 11 is 7.20. The lowest BCUT2D eigenvalue weighted by Gasteiger charge is -2.17. The lowest BCUT2D eigenvalue weighted by Crippen LogP contribution is -2.27. The molecule has 0 spiro atoms. The summed E-state index contributed by atoms with van der Waals surface area (Å²) in [4.78, 5) is 18.2. The van der Waals surface area contributed by atoms with Crippen LogP contribution in [0.1, 0.15) is 15.2 Å². The highest BCUT2D eigenvalue weighted by Crippen LogP contribution is 2.23. The highest BCUT2D eigenvalue weighted by atomic mass is 35.5. The molecule has 0 saturated heterocycles. The highest BCUT2D eigenvalue weighted by Gasteiger charge is 2.19. The summed E-state index contributed by atoms with van der Waals surface area (Å²) in [6, 6.07) is 4.90. The highest BCUT2D eigenvalue weighted by molar-refractivity contribution is 7.16. The van der Waals surface area contributed by atoms with Crippen LogP contribution in [-0.4, -0.2) is 22.8 Å². The molecule has 2 aromatic heterocycles. The van der Waals surface area contributed by atoms with E-state index in [0.29, 0.717) is 10.9 Å². The predicted molar refractivity (Wildman–Crippen MR) is 77.1 cm³/mol. The van der Waals surface area contributed by atoms with Gasteiger partial charge in [-0.05, 0) is 18.2 Å². The molecule has 0 fully saturated rings. The summed E-state index contributed by atoms with van der Waals surface area (Å²) in [6.07, 6.45) is 1.32. The maximum atomic E-state index is 14.0. The molecule has 0 aliphatic rings. The second kappa shape index (κ2) is 6.17. The average molecular weight is 315 g/mol. The minimum atomic E-state index is -0.768. The van der Waals surface area contributed by atoms with E-state index in [0.717, 1.165) is 4.88 Å². The van der Waals surface area contributed by atoms with Gasteiger partial charge >= 0.3 is 0 Å². The number of anilines is 1. The minimum Gasteiger partial charge on any atom is -0.336 e. The number of nitrogens with zero attached hydrogens (tertiary/aromatic N) is 2. The lowest BCUT2D eigenvalue weighted by atomic mass is 10.2. The van der Waals surface area contributed by atoms with E-state index < -0.39 is 11.7 Å². The molecule has 106 valence electrons. The minimum absolute atomic E-state index is 0.0851. The Labute approximate surface area is 124 Å². The fourth-order valence-electron chi connectivity index (χ4n) is 1.66. The van der Waals surface area contributed by atoms with Gasteiger partial charge in [0, 0.05) is 18.1 Å². The van der Waals surface area contributed by atoms with Crippen molar-refractivity contribution in [2.24, 2.45) is 5.84 Å². The molecule has 20 heavy (non-hydrogen) atoms. The molecule has 0 bridgehead atoms. The van der Waals surface area contributed by atoms with E-state index in [4.69, 9.17) is 17.4 Å². The summed E-state index contributed by atoms with van der Waals surface area (Å²) in [5.41, 5.74) is 2.03. The number of thiophene rings is 1. The second-order valence-corrected chi connectivity index (χ2v) is 5.83. The van der Waals surface area contributed by atoms with Crippen LogP contribution >= 0.6 is 22.9 Å². The van der Waals surface area contributed by atoms with E-state index in [2.05, 4.69) is 10.4 Å². The van der Waals surface area contributed by atoms with Gasteiger partial charge in [0.1, 0.15) is 0 Å². The Bertz CT molecular complexity index is 634.